The highest BCUT2D eigenvalue weighted by molar-refractivity contribution is 9.10. The van der Waals surface area contributed by atoms with E-state index < -0.39 is 11.7 Å². The molecule has 120 valence electrons. The summed E-state index contributed by atoms with van der Waals surface area (Å²) in [4.78, 5) is 20.3. The second-order valence-electron chi connectivity index (χ2n) is 4.85. The fourth-order valence-corrected chi connectivity index (χ4v) is 2.20. The largest absolute Gasteiger partial charge is 0.339 e. The third-order valence-corrected chi connectivity index (χ3v) is 3.65. The summed E-state index contributed by atoms with van der Waals surface area (Å²) in [6.07, 6.45) is 2.77. The van der Waals surface area contributed by atoms with Crippen molar-refractivity contribution in [2.24, 2.45) is 0 Å². The number of amides is 1. The summed E-state index contributed by atoms with van der Waals surface area (Å²) in [5, 5.41) is 5.53. The zero-order chi connectivity index (χ0) is 16.9. The molecule has 0 aliphatic rings. The minimum Gasteiger partial charge on any atom is -0.339 e. The molecule has 0 bridgehead atoms. The van der Waals surface area contributed by atoms with E-state index in [1.165, 1.54) is 24.5 Å². The third-order valence-electron chi connectivity index (χ3n) is 3.12. The standard InChI is InChI=1S/C17H12BrFN4O/c18-11-5-7-12(8-6-11)22-16-10-20-15(9-21-16)17(24)23-14-4-2-1-3-13(14)19/h1-10H,(H,21,22)(H,23,24). The van der Waals surface area contributed by atoms with Gasteiger partial charge in [0.1, 0.15) is 17.3 Å². The molecule has 1 amide bonds. The Morgan fingerprint density at radius 3 is 2.42 bits per heavy atom. The number of hydrogen-bond donors (Lipinski definition) is 2. The Morgan fingerprint density at radius 1 is 1.00 bits per heavy atom. The molecule has 3 rings (SSSR count). The molecular formula is C17H12BrFN4O. The summed E-state index contributed by atoms with van der Waals surface area (Å²) in [6.45, 7) is 0. The van der Waals surface area contributed by atoms with E-state index in [2.05, 4.69) is 36.5 Å². The molecule has 0 aliphatic heterocycles. The molecule has 0 radical (unpaired) electrons. The van der Waals surface area contributed by atoms with Crippen molar-refractivity contribution in [3.05, 3.63) is 76.9 Å². The van der Waals surface area contributed by atoms with Gasteiger partial charge in [-0.3, -0.25) is 4.79 Å². The number of halogens is 2. The number of nitrogens with zero attached hydrogens (tertiary/aromatic N) is 2. The molecule has 3 aromatic rings. The maximum atomic E-state index is 13.5. The maximum absolute atomic E-state index is 13.5. The summed E-state index contributed by atoms with van der Waals surface area (Å²) in [6, 6.07) is 13.5. The molecule has 0 unspecified atom stereocenters. The Morgan fingerprint density at radius 2 is 1.75 bits per heavy atom. The van der Waals surface area contributed by atoms with Crippen LogP contribution in [0, 0.1) is 5.82 Å². The van der Waals surface area contributed by atoms with Gasteiger partial charge in [0, 0.05) is 10.2 Å². The second-order valence-corrected chi connectivity index (χ2v) is 5.77. The zero-order valence-corrected chi connectivity index (χ0v) is 13.9. The lowest BCUT2D eigenvalue weighted by Gasteiger charge is -2.07. The highest BCUT2D eigenvalue weighted by Crippen LogP contribution is 2.18. The molecule has 7 heteroatoms. The number of anilines is 3. The number of nitrogens with one attached hydrogen (secondary N) is 2. The van der Waals surface area contributed by atoms with Crippen molar-refractivity contribution in [2.45, 2.75) is 0 Å². The molecule has 5 nitrogen and oxygen atoms in total. The van der Waals surface area contributed by atoms with Crippen molar-refractivity contribution < 1.29 is 9.18 Å². The molecule has 1 aromatic heterocycles. The van der Waals surface area contributed by atoms with E-state index in [4.69, 9.17) is 0 Å². The van der Waals surface area contributed by atoms with Gasteiger partial charge in [0.15, 0.2) is 0 Å². The predicted molar refractivity (Wildman–Crippen MR) is 93.8 cm³/mol. The molecular weight excluding hydrogens is 375 g/mol. The molecule has 24 heavy (non-hydrogen) atoms. The highest BCUT2D eigenvalue weighted by Gasteiger charge is 2.10. The van der Waals surface area contributed by atoms with E-state index in [9.17, 15) is 9.18 Å². The number of benzene rings is 2. The lowest BCUT2D eigenvalue weighted by Crippen LogP contribution is -2.15. The summed E-state index contributed by atoms with van der Waals surface area (Å²) >= 11 is 3.36. The van der Waals surface area contributed by atoms with E-state index in [-0.39, 0.29) is 11.4 Å². The fraction of sp³-hybridized carbons (Fsp3) is 0. The van der Waals surface area contributed by atoms with E-state index in [1.807, 2.05) is 24.3 Å². The van der Waals surface area contributed by atoms with Crippen LogP contribution < -0.4 is 10.6 Å². The van der Waals surface area contributed by atoms with Gasteiger partial charge in [-0.25, -0.2) is 14.4 Å². The maximum Gasteiger partial charge on any atom is 0.275 e. The van der Waals surface area contributed by atoms with Crippen LogP contribution in [0.4, 0.5) is 21.6 Å². The van der Waals surface area contributed by atoms with Crippen LogP contribution in [0.5, 0.6) is 0 Å². The number of rotatable bonds is 4. The first-order valence-electron chi connectivity index (χ1n) is 7.02. The average molecular weight is 387 g/mol. The first-order chi connectivity index (χ1) is 11.6. The molecule has 1 heterocycles. The van der Waals surface area contributed by atoms with Gasteiger partial charge in [0.2, 0.25) is 0 Å². The van der Waals surface area contributed by atoms with E-state index >= 15 is 0 Å². The number of hydrogen-bond acceptors (Lipinski definition) is 4. The van der Waals surface area contributed by atoms with Gasteiger partial charge in [-0.2, -0.15) is 0 Å². The predicted octanol–water partition coefficient (Wildman–Crippen LogP) is 4.37. The summed E-state index contributed by atoms with van der Waals surface area (Å²) in [5.74, 6) is -0.533. The Kier molecular flexibility index (Phi) is 4.81. The van der Waals surface area contributed by atoms with Crippen molar-refractivity contribution in [2.75, 3.05) is 10.6 Å². The smallest absolute Gasteiger partial charge is 0.275 e. The van der Waals surface area contributed by atoms with E-state index in [0.717, 1.165) is 10.2 Å². The fourth-order valence-electron chi connectivity index (χ4n) is 1.94. The molecule has 0 saturated carbocycles. The molecule has 0 fully saturated rings. The molecule has 0 spiro atoms. The number of carbonyl (C=O) groups is 1. The summed E-state index contributed by atoms with van der Waals surface area (Å²) < 4.78 is 14.5. The zero-order valence-electron chi connectivity index (χ0n) is 12.3. The minimum atomic E-state index is -0.525. The Balaban J connectivity index is 1.68. The molecule has 2 aromatic carbocycles. The first-order valence-corrected chi connectivity index (χ1v) is 7.81. The first kappa shape index (κ1) is 16.1. The van der Waals surface area contributed by atoms with E-state index in [1.54, 1.807) is 12.1 Å². The van der Waals surface area contributed by atoms with Gasteiger partial charge in [-0.05, 0) is 36.4 Å². The number of carbonyl (C=O) groups excluding carboxylic acids is 1. The Hall–Kier alpha value is -2.80. The second kappa shape index (κ2) is 7.18. The number of para-hydroxylation sites is 1. The van der Waals surface area contributed by atoms with Crippen LogP contribution in [0.3, 0.4) is 0 Å². The van der Waals surface area contributed by atoms with E-state index in [0.29, 0.717) is 5.82 Å². The quantitative estimate of drug-likeness (QED) is 0.698. The Bertz CT molecular complexity index is 853. The van der Waals surface area contributed by atoms with Crippen molar-refractivity contribution in [3.63, 3.8) is 0 Å². The third kappa shape index (κ3) is 3.94. The molecule has 0 saturated heterocycles. The highest BCUT2D eigenvalue weighted by atomic mass is 79.9. The number of aromatic nitrogens is 2. The van der Waals surface area contributed by atoms with Crippen molar-refractivity contribution in [1.82, 2.24) is 9.97 Å². The summed E-state index contributed by atoms with van der Waals surface area (Å²) in [5.41, 5.74) is 1.04. The molecule has 2 N–H and O–H groups in total. The topological polar surface area (TPSA) is 66.9 Å². The van der Waals surface area contributed by atoms with Crippen LogP contribution in [-0.4, -0.2) is 15.9 Å². The monoisotopic (exact) mass is 386 g/mol. The van der Waals surface area contributed by atoms with Crippen LogP contribution in [0.2, 0.25) is 0 Å². The van der Waals surface area contributed by atoms with Gasteiger partial charge in [0.25, 0.3) is 5.91 Å². The van der Waals surface area contributed by atoms with Gasteiger partial charge in [-0.15, -0.1) is 0 Å². The van der Waals surface area contributed by atoms with Crippen molar-refractivity contribution >= 4 is 39.0 Å². The van der Waals surface area contributed by atoms with Crippen LogP contribution in [0.15, 0.2) is 65.4 Å². The lowest BCUT2D eigenvalue weighted by molar-refractivity contribution is 0.102. The summed E-state index contributed by atoms with van der Waals surface area (Å²) in [7, 11) is 0. The van der Waals surface area contributed by atoms with Gasteiger partial charge >= 0.3 is 0 Å². The average Bonchev–Trinajstić information content (AvgIpc) is 2.59. The van der Waals surface area contributed by atoms with Gasteiger partial charge in [0.05, 0.1) is 18.1 Å². The van der Waals surface area contributed by atoms with Crippen LogP contribution >= 0.6 is 15.9 Å². The van der Waals surface area contributed by atoms with Crippen LogP contribution in [-0.2, 0) is 0 Å². The van der Waals surface area contributed by atoms with Crippen LogP contribution in [0.1, 0.15) is 10.5 Å². The van der Waals surface area contributed by atoms with Crippen LogP contribution in [0.25, 0.3) is 0 Å². The van der Waals surface area contributed by atoms with Gasteiger partial charge in [-0.1, -0.05) is 28.1 Å². The Labute approximate surface area is 146 Å². The molecule has 0 atom stereocenters. The lowest BCUT2D eigenvalue weighted by atomic mass is 10.3. The van der Waals surface area contributed by atoms with Crippen molar-refractivity contribution in [1.29, 1.82) is 0 Å². The minimum absolute atomic E-state index is 0.0969. The van der Waals surface area contributed by atoms with Gasteiger partial charge < -0.3 is 10.6 Å². The SMILES string of the molecule is O=C(Nc1ccccc1F)c1cnc(Nc2ccc(Br)cc2)cn1. The van der Waals surface area contributed by atoms with Crippen molar-refractivity contribution in [3.8, 4) is 0 Å². The normalized spacial score (nSPS) is 10.2. The molecule has 0 aliphatic carbocycles.